The summed E-state index contributed by atoms with van der Waals surface area (Å²) in [4.78, 5) is 0. The van der Waals surface area contributed by atoms with E-state index in [4.69, 9.17) is 10.5 Å². The molecule has 1 aromatic heterocycles. The number of ether oxygens (including phenoxy) is 1. The highest BCUT2D eigenvalue weighted by atomic mass is 79.9. The van der Waals surface area contributed by atoms with Crippen molar-refractivity contribution >= 4 is 27.3 Å². The fraction of sp³-hybridized carbons (Fsp3) is 0.200. The van der Waals surface area contributed by atoms with Gasteiger partial charge in [-0.15, -0.1) is 5.10 Å². The van der Waals surface area contributed by atoms with Gasteiger partial charge in [0.05, 0.1) is 0 Å². The summed E-state index contributed by atoms with van der Waals surface area (Å²) in [6.07, 6.45) is 0. The first-order valence-corrected chi connectivity index (χ1v) is 6.28. The average molecular weight is 300 g/mol. The summed E-state index contributed by atoms with van der Waals surface area (Å²) in [6, 6.07) is 7.94. The molecule has 0 aliphatic heterocycles. The number of benzene rings is 1. The fourth-order valence-corrected chi connectivity index (χ4v) is 1.94. The van der Waals surface area contributed by atoms with Crippen molar-refractivity contribution in [2.24, 2.45) is 5.73 Å². The number of rotatable bonds is 4. The number of aromatic nitrogens is 2. The fourth-order valence-electron chi connectivity index (χ4n) is 1.10. The Bertz CT molecular complexity index is 457. The van der Waals surface area contributed by atoms with Crippen LogP contribution in [-0.4, -0.2) is 10.2 Å². The molecular weight excluding hydrogens is 290 g/mol. The molecule has 0 amide bonds. The molecule has 2 aromatic rings. The Morgan fingerprint density at radius 2 is 2.00 bits per heavy atom. The highest BCUT2D eigenvalue weighted by molar-refractivity contribution is 9.10. The van der Waals surface area contributed by atoms with Gasteiger partial charge in [-0.25, -0.2) is 0 Å². The summed E-state index contributed by atoms with van der Waals surface area (Å²) in [7, 11) is 0. The summed E-state index contributed by atoms with van der Waals surface area (Å²) in [5, 5.41) is 9.09. The zero-order valence-corrected chi connectivity index (χ0v) is 10.8. The van der Waals surface area contributed by atoms with Gasteiger partial charge in [0, 0.05) is 11.0 Å². The molecule has 2 N–H and O–H groups in total. The molecule has 6 heteroatoms. The molecule has 0 spiro atoms. The number of hydrogen-bond donors (Lipinski definition) is 1. The van der Waals surface area contributed by atoms with Crippen LogP contribution in [0.2, 0.25) is 0 Å². The molecule has 4 nitrogen and oxygen atoms in total. The van der Waals surface area contributed by atoms with Crippen LogP contribution in [0.15, 0.2) is 28.7 Å². The van der Waals surface area contributed by atoms with Gasteiger partial charge < -0.3 is 10.5 Å². The van der Waals surface area contributed by atoms with E-state index in [9.17, 15) is 0 Å². The lowest BCUT2D eigenvalue weighted by molar-refractivity contribution is 0.302. The van der Waals surface area contributed by atoms with Crippen molar-refractivity contribution in [3.05, 3.63) is 39.3 Å². The third-order valence-corrected chi connectivity index (χ3v) is 3.29. The molecule has 0 aliphatic carbocycles. The lowest BCUT2D eigenvalue weighted by atomic mass is 10.2. The van der Waals surface area contributed by atoms with Crippen LogP contribution in [0.25, 0.3) is 0 Å². The van der Waals surface area contributed by atoms with Gasteiger partial charge >= 0.3 is 0 Å². The Labute approximate surface area is 106 Å². The van der Waals surface area contributed by atoms with Gasteiger partial charge in [-0.05, 0) is 17.7 Å². The molecule has 0 saturated carbocycles. The first kappa shape index (κ1) is 11.5. The molecule has 2 rings (SSSR count). The second-order valence-corrected chi connectivity index (χ2v) is 5.02. The molecule has 84 valence electrons. The van der Waals surface area contributed by atoms with E-state index in [2.05, 4.69) is 26.1 Å². The van der Waals surface area contributed by atoms with Gasteiger partial charge in [-0.3, -0.25) is 0 Å². The standard InChI is InChI=1S/C10H10BrN3OS/c11-8-3-1-7(2-4-8)6-15-10-14-13-9(5-12)16-10/h1-4H,5-6,12H2. The van der Waals surface area contributed by atoms with Gasteiger partial charge in [0.2, 0.25) is 0 Å². The first-order valence-electron chi connectivity index (χ1n) is 4.67. The number of nitrogens with zero attached hydrogens (tertiary/aromatic N) is 2. The lowest BCUT2D eigenvalue weighted by Gasteiger charge is -2.01. The minimum Gasteiger partial charge on any atom is -0.464 e. The van der Waals surface area contributed by atoms with E-state index in [1.54, 1.807) is 0 Å². The molecule has 16 heavy (non-hydrogen) atoms. The van der Waals surface area contributed by atoms with Gasteiger partial charge in [-0.1, -0.05) is 44.5 Å². The van der Waals surface area contributed by atoms with Crippen LogP contribution in [0.4, 0.5) is 0 Å². The Morgan fingerprint density at radius 3 is 2.62 bits per heavy atom. The monoisotopic (exact) mass is 299 g/mol. The minimum absolute atomic E-state index is 0.402. The molecule has 0 aliphatic rings. The van der Waals surface area contributed by atoms with Crippen molar-refractivity contribution in [2.75, 3.05) is 0 Å². The molecule has 0 bridgehead atoms. The summed E-state index contributed by atoms with van der Waals surface area (Å²) in [5.74, 6) is 0. The van der Waals surface area contributed by atoms with E-state index >= 15 is 0 Å². The van der Waals surface area contributed by atoms with Crippen LogP contribution >= 0.6 is 27.3 Å². The van der Waals surface area contributed by atoms with Crippen molar-refractivity contribution in [2.45, 2.75) is 13.2 Å². The number of halogens is 1. The van der Waals surface area contributed by atoms with Crippen LogP contribution in [-0.2, 0) is 13.2 Å². The Kier molecular flexibility index (Phi) is 3.87. The van der Waals surface area contributed by atoms with E-state index in [1.807, 2.05) is 24.3 Å². The van der Waals surface area contributed by atoms with E-state index in [-0.39, 0.29) is 0 Å². The zero-order chi connectivity index (χ0) is 11.4. The quantitative estimate of drug-likeness (QED) is 0.941. The Balaban J connectivity index is 1.94. The van der Waals surface area contributed by atoms with Crippen LogP contribution in [0.5, 0.6) is 5.19 Å². The molecule has 0 unspecified atom stereocenters. The Morgan fingerprint density at radius 1 is 1.25 bits per heavy atom. The third kappa shape index (κ3) is 3.01. The number of hydrogen-bond acceptors (Lipinski definition) is 5. The van der Waals surface area contributed by atoms with Crippen LogP contribution < -0.4 is 10.5 Å². The van der Waals surface area contributed by atoms with Crippen molar-refractivity contribution in [3.63, 3.8) is 0 Å². The van der Waals surface area contributed by atoms with Gasteiger partial charge in [-0.2, -0.15) is 0 Å². The maximum Gasteiger partial charge on any atom is 0.294 e. The molecule has 0 fully saturated rings. The van der Waals surface area contributed by atoms with Crippen LogP contribution in [0, 0.1) is 0 Å². The normalized spacial score (nSPS) is 10.4. The summed E-state index contributed by atoms with van der Waals surface area (Å²) in [5.41, 5.74) is 6.52. The van der Waals surface area contributed by atoms with Crippen molar-refractivity contribution in [1.82, 2.24) is 10.2 Å². The van der Waals surface area contributed by atoms with E-state index in [0.29, 0.717) is 18.3 Å². The largest absolute Gasteiger partial charge is 0.464 e. The number of nitrogens with two attached hydrogens (primary N) is 1. The smallest absolute Gasteiger partial charge is 0.294 e. The maximum atomic E-state index is 5.49. The second-order valence-electron chi connectivity index (χ2n) is 3.08. The van der Waals surface area contributed by atoms with Crippen molar-refractivity contribution < 1.29 is 4.74 Å². The Hall–Kier alpha value is -0.980. The second kappa shape index (κ2) is 5.38. The van der Waals surface area contributed by atoms with E-state index < -0.39 is 0 Å². The molecular formula is C10H10BrN3OS. The average Bonchev–Trinajstić information content (AvgIpc) is 2.76. The molecule has 0 atom stereocenters. The molecule has 1 aromatic carbocycles. The van der Waals surface area contributed by atoms with Crippen LogP contribution in [0.1, 0.15) is 10.6 Å². The highest BCUT2D eigenvalue weighted by Crippen LogP contribution is 2.19. The summed E-state index contributed by atoms with van der Waals surface area (Å²) >= 11 is 4.76. The topological polar surface area (TPSA) is 61.0 Å². The van der Waals surface area contributed by atoms with Crippen LogP contribution in [0.3, 0.4) is 0 Å². The van der Waals surface area contributed by atoms with Crippen molar-refractivity contribution in [1.29, 1.82) is 0 Å². The summed E-state index contributed by atoms with van der Waals surface area (Å²) in [6.45, 7) is 0.895. The minimum atomic E-state index is 0.402. The molecule has 0 saturated heterocycles. The first-order chi connectivity index (χ1) is 7.78. The summed E-state index contributed by atoms with van der Waals surface area (Å²) < 4.78 is 6.54. The third-order valence-electron chi connectivity index (χ3n) is 1.90. The SMILES string of the molecule is NCc1nnc(OCc2ccc(Br)cc2)s1. The molecule has 1 heterocycles. The lowest BCUT2D eigenvalue weighted by Crippen LogP contribution is -1.94. The van der Waals surface area contributed by atoms with E-state index in [1.165, 1.54) is 11.3 Å². The van der Waals surface area contributed by atoms with Gasteiger partial charge in [0.15, 0.2) is 0 Å². The zero-order valence-electron chi connectivity index (χ0n) is 8.39. The highest BCUT2D eigenvalue weighted by Gasteiger charge is 2.03. The maximum absolute atomic E-state index is 5.49. The predicted octanol–water partition coefficient (Wildman–Crippen LogP) is 2.34. The van der Waals surface area contributed by atoms with Gasteiger partial charge in [0.1, 0.15) is 11.6 Å². The predicted molar refractivity (Wildman–Crippen MR) is 66.3 cm³/mol. The molecule has 0 radical (unpaired) electrons. The van der Waals surface area contributed by atoms with Gasteiger partial charge in [0.25, 0.3) is 5.19 Å². The van der Waals surface area contributed by atoms with Crippen molar-refractivity contribution in [3.8, 4) is 5.19 Å². The van der Waals surface area contributed by atoms with E-state index in [0.717, 1.165) is 15.0 Å².